The SMILES string of the molecule is O=C(Cc1c(F)ccc(Br)c1F)c1cccc(F)c1. The van der Waals surface area contributed by atoms with E-state index in [1.807, 2.05) is 0 Å². The topological polar surface area (TPSA) is 17.1 Å². The Morgan fingerprint density at radius 2 is 1.84 bits per heavy atom. The van der Waals surface area contributed by atoms with Crippen LogP contribution >= 0.6 is 15.9 Å². The van der Waals surface area contributed by atoms with Crippen LogP contribution in [-0.4, -0.2) is 5.78 Å². The van der Waals surface area contributed by atoms with Crippen LogP contribution in [0, 0.1) is 17.5 Å². The van der Waals surface area contributed by atoms with E-state index in [4.69, 9.17) is 0 Å². The van der Waals surface area contributed by atoms with Crippen LogP contribution in [0.4, 0.5) is 13.2 Å². The molecular formula is C14H8BrF3O. The van der Waals surface area contributed by atoms with Crippen LogP contribution < -0.4 is 0 Å². The molecule has 0 heterocycles. The van der Waals surface area contributed by atoms with Gasteiger partial charge in [-0.1, -0.05) is 12.1 Å². The van der Waals surface area contributed by atoms with Crippen LogP contribution in [-0.2, 0) is 6.42 Å². The molecule has 0 spiro atoms. The number of halogens is 4. The van der Waals surface area contributed by atoms with Gasteiger partial charge in [0.05, 0.1) is 4.47 Å². The molecule has 0 saturated heterocycles. The Balaban J connectivity index is 2.32. The van der Waals surface area contributed by atoms with E-state index in [1.165, 1.54) is 24.3 Å². The Hall–Kier alpha value is -1.62. The van der Waals surface area contributed by atoms with E-state index in [0.29, 0.717) is 0 Å². The average molecular weight is 329 g/mol. The molecule has 0 aliphatic rings. The Morgan fingerprint density at radius 1 is 1.11 bits per heavy atom. The molecule has 0 unspecified atom stereocenters. The summed E-state index contributed by atoms with van der Waals surface area (Å²) < 4.78 is 40.3. The first kappa shape index (κ1) is 13.8. The number of carbonyl (C=O) groups excluding carboxylic acids is 1. The zero-order chi connectivity index (χ0) is 14.0. The lowest BCUT2D eigenvalue weighted by Crippen LogP contribution is -2.08. The molecule has 0 amide bonds. The second-order valence-electron chi connectivity index (χ2n) is 3.93. The molecule has 2 rings (SSSR count). The van der Waals surface area contributed by atoms with Crippen LogP contribution in [0.15, 0.2) is 40.9 Å². The second kappa shape index (κ2) is 5.57. The lowest BCUT2D eigenvalue weighted by molar-refractivity contribution is 0.0990. The molecule has 5 heteroatoms. The van der Waals surface area contributed by atoms with E-state index < -0.39 is 29.7 Å². The molecule has 0 atom stereocenters. The van der Waals surface area contributed by atoms with Crippen molar-refractivity contribution in [2.75, 3.05) is 0 Å². The van der Waals surface area contributed by atoms with Gasteiger partial charge in [0.15, 0.2) is 5.78 Å². The summed E-state index contributed by atoms with van der Waals surface area (Å²) in [5, 5.41) is 0. The zero-order valence-electron chi connectivity index (χ0n) is 9.59. The van der Waals surface area contributed by atoms with Gasteiger partial charge in [0.2, 0.25) is 0 Å². The van der Waals surface area contributed by atoms with Crippen LogP contribution in [0.25, 0.3) is 0 Å². The number of rotatable bonds is 3. The molecule has 1 nitrogen and oxygen atoms in total. The third-order valence-electron chi connectivity index (χ3n) is 2.62. The quantitative estimate of drug-likeness (QED) is 0.606. The summed E-state index contributed by atoms with van der Waals surface area (Å²) in [5.41, 5.74) is -0.248. The van der Waals surface area contributed by atoms with Gasteiger partial charge in [0.1, 0.15) is 17.5 Å². The summed E-state index contributed by atoms with van der Waals surface area (Å²) in [7, 11) is 0. The molecule has 2 aromatic rings. The summed E-state index contributed by atoms with van der Waals surface area (Å²) in [6.07, 6.45) is -0.458. The highest BCUT2D eigenvalue weighted by Crippen LogP contribution is 2.23. The van der Waals surface area contributed by atoms with Crippen molar-refractivity contribution in [1.29, 1.82) is 0 Å². The molecular weight excluding hydrogens is 321 g/mol. The van der Waals surface area contributed by atoms with Crippen molar-refractivity contribution >= 4 is 21.7 Å². The number of benzene rings is 2. The molecule has 0 N–H and O–H groups in total. The first-order valence-corrected chi connectivity index (χ1v) is 6.19. The third-order valence-corrected chi connectivity index (χ3v) is 3.24. The maximum absolute atomic E-state index is 13.7. The predicted molar refractivity (Wildman–Crippen MR) is 68.5 cm³/mol. The van der Waals surface area contributed by atoms with Gasteiger partial charge in [0, 0.05) is 17.5 Å². The first-order chi connectivity index (χ1) is 8.99. The highest BCUT2D eigenvalue weighted by atomic mass is 79.9. The Kier molecular flexibility index (Phi) is 4.04. The number of ketones is 1. The Bertz CT molecular complexity index is 641. The smallest absolute Gasteiger partial charge is 0.167 e. The van der Waals surface area contributed by atoms with E-state index in [1.54, 1.807) is 0 Å². The van der Waals surface area contributed by atoms with Gasteiger partial charge < -0.3 is 0 Å². The highest BCUT2D eigenvalue weighted by Gasteiger charge is 2.17. The predicted octanol–water partition coefficient (Wildman–Crippen LogP) is 4.29. The van der Waals surface area contributed by atoms with E-state index >= 15 is 0 Å². The van der Waals surface area contributed by atoms with Gasteiger partial charge in [-0.15, -0.1) is 0 Å². The van der Waals surface area contributed by atoms with Gasteiger partial charge in [-0.05, 0) is 40.2 Å². The summed E-state index contributed by atoms with van der Waals surface area (Å²) in [6.45, 7) is 0. The number of hydrogen-bond acceptors (Lipinski definition) is 1. The molecule has 0 bridgehead atoms. The number of Topliss-reactive ketones (excluding diaryl/α,β-unsaturated/α-hetero) is 1. The molecule has 0 radical (unpaired) electrons. The minimum Gasteiger partial charge on any atom is -0.294 e. The molecule has 0 saturated carbocycles. The molecule has 0 aliphatic carbocycles. The van der Waals surface area contributed by atoms with E-state index in [0.717, 1.165) is 12.1 Å². The molecule has 0 aliphatic heterocycles. The molecule has 19 heavy (non-hydrogen) atoms. The van der Waals surface area contributed by atoms with Gasteiger partial charge in [-0.2, -0.15) is 0 Å². The van der Waals surface area contributed by atoms with E-state index in [-0.39, 0.29) is 15.6 Å². The monoisotopic (exact) mass is 328 g/mol. The lowest BCUT2D eigenvalue weighted by Gasteiger charge is -2.06. The maximum Gasteiger partial charge on any atom is 0.167 e. The van der Waals surface area contributed by atoms with Crippen molar-refractivity contribution in [2.45, 2.75) is 6.42 Å². The van der Waals surface area contributed by atoms with Crippen molar-refractivity contribution in [3.8, 4) is 0 Å². The van der Waals surface area contributed by atoms with Crippen molar-refractivity contribution in [3.63, 3.8) is 0 Å². The van der Waals surface area contributed by atoms with Gasteiger partial charge in [-0.3, -0.25) is 4.79 Å². The second-order valence-corrected chi connectivity index (χ2v) is 4.79. The highest BCUT2D eigenvalue weighted by molar-refractivity contribution is 9.10. The lowest BCUT2D eigenvalue weighted by atomic mass is 10.0. The van der Waals surface area contributed by atoms with Crippen LogP contribution in [0.2, 0.25) is 0 Å². The molecule has 0 fully saturated rings. The van der Waals surface area contributed by atoms with Crippen molar-refractivity contribution in [3.05, 3.63) is 69.4 Å². The standard InChI is InChI=1S/C14H8BrF3O/c15-11-4-5-12(17)10(14(11)18)7-13(19)8-2-1-3-9(16)6-8/h1-6H,7H2. The fourth-order valence-electron chi connectivity index (χ4n) is 1.66. The van der Waals surface area contributed by atoms with Crippen molar-refractivity contribution < 1.29 is 18.0 Å². The van der Waals surface area contributed by atoms with Gasteiger partial charge >= 0.3 is 0 Å². The zero-order valence-corrected chi connectivity index (χ0v) is 11.2. The Labute approximate surface area is 116 Å². The van der Waals surface area contributed by atoms with E-state index in [9.17, 15) is 18.0 Å². The normalized spacial score (nSPS) is 10.5. The fourth-order valence-corrected chi connectivity index (χ4v) is 2.03. The fraction of sp³-hybridized carbons (Fsp3) is 0.0714. The molecule has 0 aromatic heterocycles. The molecule has 2 aromatic carbocycles. The summed E-state index contributed by atoms with van der Waals surface area (Å²) in [4.78, 5) is 11.9. The maximum atomic E-state index is 13.7. The summed E-state index contributed by atoms with van der Waals surface area (Å²) in [6, 6.07) is 7.30. The summed E-state index contributed by atoms with van der Waals surface area (Å²) >= 11 is 2.93. The van der Waals surface area contributed by atoms with Crippen molar-refractivity contribution in [1.82, 2.24) is 0 Å². The van der Waals surface area contributed by atoms with Crippen LogP contribution in [0.3, 0.4) is 0 Å². The minimum atomic E-state index is -0.815. The van der Waals surface area contributed by atoms with E-state index in [2.05, 4.69) is 15.9 Å². The molecule has 98 valence electrons. The van der Waals surface area contributed by atoms with Gasteiger partial charge in [-0.25, -0.2) is 13.2 Å². The largest absolute Gasteiger partial charge is 0.294 e. The number of hydrogen-bond donors (Lipinski definition) is 0. The van der Waals surface area contributed by atoms with Crippen LogP contribution in [0.5, 0.6) is 0 Å². The van der Waals surface area contributed by atoms with Crippen LogP contribution in [0.1, 0.15) is 15.9 Å². The third kappa shape index (κ3) is 3.04. The minimum absolute atomic E-state index is 0.0796. The van der Waals surface area contributed by atoms with Gasteiger partial charge in [0.25, 0.3) is 0 Å². The average Bonchev–Trinajstić information content (AvgIpc) is 2.39. The van der Waals surface area contributed by atoms with Crippen molar-refractivity contribution in [2.24, 2.45) is 0 Å². The number of carbonyl (C=O) groups is 1. The first-order valence-electron chi connectivity index (χ1n) is 5.40. The summed E-state index contributed by atoms with van der Waals surface area (Å²) in [5.74, 6) is -2.73. The Morgan fingerprint density at radius 3 is 2.53 bits per heavy atom.